The van der Waals surface area contributed by atoms with Gasteiger partial charge in [-0.1, -0.05) is 31.9 Å². The molecule has 1 N–H and O–H groups in total. The van der Waals surface area contributed by atoms with Gasteiger partial charge >= 0.3 is 0 Å². The highest BCUT2D eigenvalue weighted by atomic mass is 16.5. The number of rotatable bonds is 7. The average Bonchev–Trinajstić information content (AvgIpc) is 2.48. The predicted octanol–water partition coefficient (Wildman–Crippen LogP) is 4.26. The third kappa shape index (κ3) is 5.23. The van der Waals surface area contributed by atoms with Gasteiger partial charge in [-0.25, -0.2) is 0 Å². The first-order valence-corrected chi connectivity index (χ1v) is 7.79. The fourth-order valence-corrected chi connectivity index (χ4v) is 2.60. The van der Waals surface area contributed by atoms with Gasteiger partial charge in [0.2, 0.25) is 0 Å². The van der Waals surface area contributed by atoms with Crippen LogP contribution in [-0.2, 0) is 11.2 Å². The van der Waals surface area contributed by atoms with Gasteiger partial charge in [-0.05, 0) is 49.3 Å². The molecule has 0 saturated carbocycles. The highest BCUT2D eigenvalue weighted by molar-refractivity contribution is 5.44. The van der Waals surface area contributed by atoms with Gasteiger partial charge in [-0.3, -0.25) is 0 Å². The summed E-state index contributed by atoms with van der Waals surface area (Å²) in [5.74, 6) is 0.679. The standard InChI is InChI=1S/C17H27NO/c1-2-3-4-6-15-8-10-17(11-9-15)18-13-16-7-5-12-19-14-16/h8-11,16,18H,2-7,12-14H2,1H3. The maximum atomic E-state index is 5.50. The van der Waals surface area contributed by atoms with Crippen LogP contribution in [0.1, 0.15) is 44.6 Å². The summed E-state index contributed by atoms with van der Waals surface area (Å²) in [6.45, 7) is 5.15. The van der Waals surface area contributed by atoms with E-state index in [1.807, 2.05) is 0 Å². The highest BCUT2D eigenvalue weighted by Crippen LogP contribution is 2.16. The second kappa shape index (κ2) is 8.21. The minimum Gasteiger partial charge on any atom is -0.385 e. The summed E-state index contributed by atoms with van der Waals surface area (Å²) >= 11 is 0. The molecule has 1 fully saturated rings. The fourth-order valence-electron chi connectivity index (χ4n) is 2.60. The summed E-state index contributed by atoms with van der Waals surface area (Å²) in [7, 11) is 0. The molecule has 2 nitrogen and oxygen atoms in total. The first kappa shape index (κ1) is 14.4. The van der Waals surface area contributed by atoms with Crippen LogP contribution in [-0.4, -0.2) is 19.8 Å². The SMILES string of the molecule is CCCCCc1ccc(NCC2CCCOC2)cc1. The molecule has 2 heteroatoms. The van der Waals surface area contributed by atoms with Crippen LogP contribution in [0.3, 0.4) is 0 Å². The third-order valence-electron chi connectivity index (χ3n) is 3.87. The summed E-state index contributed by atoms with van der Waals surface area (Å²) in [5.41, 5.74) is 2.70. The topological polar surface area (TPSA) is 21.3 Å². The van der Waals surface area contributed by atoms with Gasteiger partial charge in [0.1, 0.15) is 0 Å². The van der Waals surface area contributed by atoms with Gasteiger partial charge in [0.25, 0.3) is 0 Å². The van der Waals surface area contributed by atoms with Crippen molar-refractivity contribution in [1.82, 2.24) is 0 Å². The van der Waals surface area contributed by atoms with E-state index in [-0.39, 0.29) is 0 Å². The lowest BCUT2D eigenvalue weighted by Gasteiger charge is -2.22. The summed E-state index contributed by atoms with van der Waals surface area (Å²) in [5, 5.41) is 3.53. The smallest absolute Gasteiger partial charge is 0.0511 e. The first-order chi connectivity index (χ1) is 9.38. The molecule has 1 aromatic rings. The molecule has 0 amide bonds. The average molecular weight is 261 g/mol. The normalized spacial score (nSPS) is 19.3. The van der Waals surface area contributed by atoms with Crippen LogP contribution >= 0.6 is 0 Å². The summed E-state index contributed by atoms with van der Waals surface area (Å²) in [6.07, 6.45) is 7.66. The number of hydrogen-bond acceptors (Lipinski definition) is 2. The van der Waals surface area contributed by atoms with Crippen LogP contribution in [0.25, 0.3) is 0 Å². The van der Waals surface area contributed by atoms with Gasteiger partial charge in [-0.15, -0.1) is 0 Å². The van der Waals surface area contributed by atoms with Crippen molar-refractivity contribution < 1.29 is 4.74 Å². The lowest BCUT2D eigenvalue weighted by Crippen LogP contribution is -2.24. The van der Waals surface area contributed by atoms with Crippen LogP contribution in [0, 0.1) is 5.92 Å². The number of nitrogens with one attached hydrogen (secondary N) is 1. The molecule has 0 aliphatic carbocycles. The van der Waals surface area contributed by atoms with Crippen molar-refractivity contribution in [3.8, 4) is 0 Å². The minimum absolute atomic E-state index is 0.679. The van der Waals surface area contributed by atoms with E-state index in [1.165, 1.54) is 49.8 Å². The molecule has 19 heavy (non-hydrogen) atoms. The Kier molecular flexibility index (Phi) is 6.22. The van der Waals surface area contributed by atoms with Crippen molar-refractivity contribution >= 4 is 5.69 Å². The second-order valence-electron chi connectivity index (χ2n) is 5.62. The van der Waals surface area contributed by atoms with Gasteiger partial charge in [0.05, 0.1) is 6.61 Å². The number of hydrogen-bond donors (Lipinski definition) is 1. The molecule has 1 aromatic carbocycles. The molecule has 1 aliphatic heterocycles. The molecule has 1 heterocycles. The molecule has 0 bridgehead atoms. The molecule has 1 saturated heterocycles. The molecule has 1 atom stereocenters. The van der Waals surface area contributed by atoms with Crippen molar-refractivity contribution in [3.63, 3.8) is 0 Å². The minimum atomic E-state index is 0.679. The van der Waals surface area contributed by atoms with Crippen molar-refractivity contribution in [2.24, 2.45) is 5.92 Å². The van der Waals surface area contributed by atoms with E-state index in [0.717, 1.165) is 19.8 Å². The maximum absolute atomic E-state index is 5.50. The zero-order valence-corrected chi connectivity index (χ0v) is 12.2. The quantitative estimate of drug-likeness (QED) is 0.741. The van der Waals surface area contributed by atoms with Crippen LogP contribution < -0.4 is 5.32 Å². The molecule has 0 radical (unpaired) electrons. The van der Waals surface area contributed by atoms with Crippen LogP contribution in [0.4, 0.5) is 5.69 Å². The first-order valence-electron chi connectivity index (χ1n) is 7.79. The Labute approximate surface area is 117 Å². The van der Waals surface area contributed by atoms with Gasteiger partial charge in [-0.2, -0.15) is 0 Å². The Hall–Kier alpha value is -1.02. The summed E-state index contributed by atoms with van der Waals surface area (Å²) in [6, 6.07) is 8.95. The van der Waals surface area contributed by atoms with Crippen molar-refractivity contribution in [1.29, 1.82) is 0 Å². The van der Waals surface area contributed by atoms with E-state index < -0.39 is 0 Å². The summed E-state index contributed by atoms with van der Waals surface area (Å²) < 4.78 is 5.50. The van der Waals surface area contributed by atoms with Gasteiger partial charge < -0.3 is 10.1 Å². The molecule has 106 valence electrons. The monoisotopic (exact) mass is 261 g/mol. The zero-order chi connectivity index (χ0) is 13.3. The van der Waals surface area contributed by atoms with Crippen molar-refractivity contribution in [3.05, 3.63) is 29.8 Å². The Morgan fingerprint density at radius 2 is 2.05 bits per heavy atom. The van der Waals surface area contributed by atoms with E-state index in [1.54, 1.807) is 0 Å². The van der Waals surface area contributed by atoms with Gasteiger partial charge in [0, 0.05) is 18.8 Å². The van der Waals surface area contributed by atoms with E-state index >= 15 is 0 Å². The molecular formula is C17H27NO. The fraction of sp³-hybridized carbons (Fsp3) is 0.647. The molecule has 2 rings (SSSR count). The number of aryl methyl sites for hydroxylation is 1. The molecular weight excluding hydrogens is 234 g/mol. The van der Waals surface area contributed by atoms with Crippen LogP contribution in [0.15, 0.2) is 24.3 Å². The number of ether oxygens (including phenoxy) is 1. The Morgan fingerprint density at radius 3 is 2.74 bits per heavy atom. The lowest BCUT2D eigenvalue weighted by molar-refractivity contribution is 0.0595. The molecule has 1 aliphatic rings. The number of anilines is 1. The van der Waals surface area contributed by atoms with Crippen molar-refractivity contribution in [2.45, 2.75) is 45.4 Å². The number of benzene rings is 1. The molecule has 0 spiro atoms. The Bertz CT molecular complexity index is 341. The predicted molar refractivity (Wildman–Crippen MR) is 81.7 cm³/mol. The van der Waals surface area contributed by atoms with E-state index in [0.29, 0.717) is 5.92 Å². The Morgan fingerprint density at radius 1 is 1.21 bits per heavy atom. The highest BCUT2D eigenvalue weighted by Gasteiger charge is 2.13. The van der Waals surface area contributed by atoms with E-state index in [2.05, 4.69) is 36.5 Å². The molecule has 1 unspecified atom stereocenters. The Balaban J connectivity index is 1.71. The lowest BCUT2D eigenvalue weighted by atomic mass is 10.0. The van der Waals surface area contributed by atoms with Crippen LogP contribution in [0.5, 0.6) is 0 Å². The third-order valence-corrected chi connectivity index (χ3v) is 3.87. The van der Waals surface area contributed by atoms with E-state index in [9.17, 15) is 0 Å². The maximum Gasteiger partial charge on any atom is 0.0511 e. The zero-order valence-electron chi connectivity index (χ0n) is 12.2. The van der Waals surface area contributed by atoms with Crippen molar-refractivity contribution in [2.75, 3.05) is 25.1 Å². The summed E-state index contributed by atoms with van der Waals surface area (Å²) in [4.78, 5) is 0. The van der Waals surface area contributed by atoms with Crippen LogP contribution in [0.2, 0.25) is 0 Å². The number of unbranched alkanes of at least 4 members (excludes halogenated alkanes) is 2. The van der Waals surface area contributed by atoms with E-state index in [4.69, 9.17) is 4.74 Å². The van der Waals surface area contributed by atoms with Gasteiger partial charge in [0.15, 0.2) is 0 Å². The largest absolute Gasteiger partial charge is 0.385 e. The molecule has 0 aromatic heterocycles. The second-order valence-corrected chi connectivity index (χ2v) is 5.62.